The lowest BCUT2D eigenvalue weighted by Gasteiger charge is -2.11. The Morgan fingerprint density at radius 2 is 1.71 bits per heavy atom. The first-order valence-electron chi connectivity index (χ1n) is 11.3. The van der Waals surface area contributed by atoms with Gasteiger partial charge in [0, 0.05) is 17.6 Å². The molecular formula is C27H23N3O4S. The quantitative estimate of drug-likeness (QED) is 0.212. The van der Waals surface area contributed by atoms with Gasteiger partial charge in [-0.25, -0.2) is 4.98 Å². The highest BCUT2D eigenvalue weighted by Crippen LogP contribution is 2.28. The van der Waals surface area contributed by atoms with Gasteiger partial charge in [0.25, 0.3) is 5.56 Å². The SMILES string of the molecule is CCCn1c(SCC(=O)Nc2ccc(Oc3ccccc3)cc2)nc2c(oc3ccccc32)c1=O. The van der Waals surface area contributed by atoms with Crippen molar-refractivity contribution in [2.24, 2.45) is 0 Å². The maximum Gasteiger partial charge on any atom is 0.297 e. The number of benzene rings is 3. The minimum absolute atomic E-state index is 0.111. The molecule has 0 atom stereocenters. The summed E-state index contributed by atoms with van der Waals surface area (Å²) in [5.41, 5.74) is 1.81. The van der Waals surface area contributed by atoms with Gasteiger partial charge in [0.05, 0.1) is 5.75 Å². The third kappa shape index (κ3) is 4.93. The molecule has 8 heteroatoms. The number of amides is 1. The van der Waals surface area contributed by atoms with Crippen molar-refractivity contribution in [2.75, 3.05) is 11.1 Å². The zero-order valence-corrected chi connectivity index (χ0v) is 19.9. The van der Waals surface area contributed by atoms with Gasteiger partial charge in [-0.1, -0.05) is 49.0 Å². The number of carbonyl (C=O) groups excluding carboxylic acids is 1. The van der Waals surface area contributed by atoms with E-state index in [2.05, 4.69) is 5.32 Å². The van der Waals surface area contributed by atoms with Crippen molar-refractivity contribution in [3.05, 3.63) is 89.2 Å². The number of furan rings is 1. The molecule has 0 aliphatic carbocycles. The molecule has 0 aliphatic heterocycles. The molecule has 0 saturated carbocycles. The van der Waals surface area contributed by atoms with E-state index >= 15 is 0 Å². The summed E-state index contributed by atoms with van der Waals surface area (Å²) < 4.78 is 13.1. The predicted octanol–water partition coefficient (Wildman–Crippen LogP) is 6.08. The van der Waals surface area contributed by atoms with Gasteiger partial charge in [0.1, 0.15) is 22.6 Å². The van der Waals surface area contributed by atoms with E-state index in [0.29, 0.717) is 34.2 Å². The van der Waals surface area contributed by atoms with Crippen LogP contribution in [-0.4, -0.2) is 21.2 Å². The van der Waals surface area contributed by atoms with Gasteiger partial charge in [0.2, 0.25) is 11.5 Å². The van der Waals surface area contributed by atoms with Gasteiger partial charge in [0.15, 0.2) is 5.16 Å². The molecule has 0 bridgehead atoms. The number of fused-ring (bicyclic) bond motifs is 3. The Morgan fingerprint density at radius 3 is 2.49 bits per heavy atom. The zero-order chi connectivity index (χ0) is 24.2. The lowest BCUT2D eigenvalue weighted by atomic mass is 10.2. The second-order valence-corrected chi connectivity index (χ2v) is 8.85. The molecule has 5 aromatic rings. The van der Waals surface area contributed by atoms with Crippen LogP contribution in [-0.2, 0) is 11.3 Å². The molecule has 7 nitrogen and oxygen atoms in total. The summed E-state index contributed by atoms with van der Waals surface area (Å²) >= 11 is 1.23. The minimum atomic E-state index is -0.232. The molecule has 0 unspecified atom stereocenters. The number of para-hydroxylation sites is 2. The van der Waals surface area contributed by atoms with E-state index < -0.39 is 0 Å². The summed E-state index contributed by atoms with van der Waals surface area (Å²) in [5, 5.41) is 4.16. The first kappa shape index (κ1) is 22.7. The van der Waals surface area contributed by atoms with E-state index in [1.165, 1.54) is 11.8 Å². The van der Waals surface area contributed by atoms with E-state index in [-0.39, 0.29) is 22.8 Å². The van der Waals surface area contributed by atoms with Crippen molar-refractivity contribution in [2.45, 2.75) is 25.0 Å². The molecule has 176 valence electrons. The number of rotatable bonds is 8. The van der Waals surface area contributed by atoms with Crippen LogP contribution in [0.3, 0.4) is 0 Å². The topological polar surface area (TPSA) is 86.4 Å². The third-order valence-corrected chi connectivity index (χ3v) is 6.32. The van der Waals surface area contributed by atoms with Crippen molar-refractivity contribution >= 4 is 45.4 Å². The fourth-order valence-corrected chi connectivity index (χ4v) is 4.56. The van der Waals surface area contributed by atoms with Crippen molar-refractivity contribution in [1.82, 2.24) is 9.55 Å². The van der Waals surface area contributed by atoms with Crippen LogP contribution in [0.15, 0.2) is 93.2 Å². The second kappa shape index (κ2) is 10.1. The molecule has 2 aromatic heterocycles. The van der Waals surface area contributed by atoms with Crippen LogP contribution >= 0.6 is 11.8 Å². The standard InChI is InChI=1S/C27H23N3O4S/c1-2-16-30-26(32)25-24(21-10-6-7-11-22(21)34-25)29-27(30)35-17-23(31)28-18-12-14-20(15-13-18)33-19-8-4-3-5-9-19/h3-15H,2,16-17H2,1H3,(H,28,31). The first-order valence-corrected chi connectivity index (χ1v) is 12.3. The van der Waals surface area contributed by atoms with Gasteiger partial charge in [-0.05, 0) is 55.0 Å². The largest absolute Gasteiger partial charge is 0.457 e. The summed E-state index contributed by atoms with van der Waals surface area (Å²) in [6, 6.07) is 24.1. The summed E-state index contributed by atoms with van der Waals surface area (Å²) in [4.78, 5) is 30.5. The van der Waals surface area contributed by atoms with Crippen molar-refractivity contribution in [3.63, 3.8) is 0 Å². The van der Waals surface area contributed by atoms with Crippen molar-refractivity contribution in [3.8, 4) is 11.5 Å². The van der Waals surface area contributed by atoms with Gasteiger partial charge in [-0.2, -0.15) is 0 Å². The van der Waals surface area contributed by atoms with Crippen molar-refractivity contribution in [1.29, 1.82) is 0 Å². The highest BCUT2D eigenvalue weighted by molar-refractivity contribution is 7.99. The Balaban J connectivity index is 1.30. The maximum absolute atomic E-state index is 13.1. The number of nitrogens with one attached hydrogen (secondary N) is 1. The number of nitrogens with zero attached hydrogens (tertiary/aromatic N) is 2. The molecule has 0 saturated heterocycles. The number of hydrogen-bond donors (Lipinski definition) is 1. The van der Waals surface area contributed by atoms with Gasteiger partial charge in [-0.15, -0.1) is 0 Å². The molecule has 0 fully saturated rings. The number of anilines is 1. The van der Waals surface area contributed by atoms with Crippen LogP contribution < -0.4 is 15.6 Å². The number of ether oxygens (including phenoxy) is 1. The monoisotopic (exact) mass is 485 g/mol. The fourth-order valence-electron chi connectivity index (χ4n) is 3.74. The van der Waals surface area contributed by atoms with E-state index in [0.717, 1.165) is 17.6 Å². The highest BCUT2D eigenvalue weighted by Gasteiger charge is 2.18. The molecule has 5 rings (SSSR count). The second-order valence-electron chi connectivity index (χ2n) is 7.90. The lowest BCUT2D eigenvalue weighted by Crippen LogP contribution is -2.23. The van der Waals surface area contributed by atoms with E-state index in [1.807, 2.05) is 61.5 Å². The Bertz CT molecular complexity index is 1540. The van der Waals surface area contributed by atoms with Crippen LogP contribution in [0, 0.1) is 0 Å². The van der Waals surface area contributed by atoms with Crippen molar-refractivity contribution < 1.29 is 13.9 Å². The molecule has 0 aliphatic rings. The van der Waals surface area contributed by atoms with E-state index in [4.69, 9.17) is 14.1 Å². The number of thioether (sulfide) groups is 1. The highest BCUT2D eigenvalue weighted by atomic mass is 32.2. The molecule has 0 radical (unpaired) electrons. The zero-order valence-electron chi connectivity index (χ0n) is 19.1. The molecule has 1 amide bonds. The maximum atomic E-state index is 13.1. The average molecular weight is 486 g/mol. The fraction of sp³-hybridized carbons (Fsp3) is 0.148. The summed E-state index contributed by atoms with van der Waals surface area (Å²) in [7, 11) is 0. The summed E-state index contributed by atoms with van der Waals surface area (Å²) in [6.07, 6.45) is 0.754. The van der Waals surface area contributed by atoms with E-state index in [1.54, 1.807) is 28.8 Å². The van der Waals surface area contributed by atoms with Gasteiger partial charge >= 0.3 is 0 Å². The van der Waals surface area contributed by atoms with E-state index in [9.17, 15) is 9.59 Å². The molecule has 35 heavy (non-hydrogen) atoms. The predicted molar refractivity (Wildman–Crippen MR) is 138 cm³/mol. The molecular weight excluding hydrogens is 462 g/mol. The number of aromatic nitrogens is 2. The third-order valence-electron chi connectivity index (χ3n) is 5.34. The van der Waals surface area contributed by atoms with Crippen LogP contribution in [0.2, 0.25) is 0 Å². The first-order chi connectivity index (χ1) is 17.1. The minimum Gasteiger partial charge on any atom is -0.457 e. The summed E-state index contributed by atoms with van der Waals surface area (Å²) in [6.45, 7) is 2.48. The molecule has 0 spiro atoms. The van der Waals surface area contributed by atoms with Gasteiger partial charge in [-0.3, -0.25) is 14.2 Å². The Labute approximate surface area is 205 Å². The lowest BCUT2D eigenvalue weighted by molar-refractivity contribution is -0.113. The summed E-state index contributed by atoms with van der Waals surface area (Å²) in [5.74, 6) is 1.34. The van der Waals surface area contributed by atoms with Crippen LogP contribution in [0.4, 0.5) is 5.69 Å². The Morgan fingerprint density at radius 1 is 1.00 bits per heavy atom. The molecule has 3 aromatic carbocycles. The Hall–Kier alpha value is -4.04. The average Bonchev–Trinajstić information content (AvgIpc) is 3.25. The Kier molecular flexibility index (Phi) is 6.54. The normalized spacial score (nSPS) is 11.1. The molecule has 2 heterocycles. The number of hydrogen-bond acceptors (Lipinski definition) is 6. The van der Waals surface area contributed by atoms with Crippen LogP contribution in [0.5, 0.6) is 11.5 Å². The molecule has 1 N–H and O–H groups in total. The number of carbonyl (C=O) groups is 1. The van der Waals surface area contributed by atoms with Gasteiger partial charge < -0.3 is 14.5 Å². The van der Waals surface area contributed by atoms with Crippen LogP contribution in [0.1, 0.15) is 13.3 Å². The van der Waals surface area contributed by atoms with Crippen LogP contribution in [0.25, 0.3) is 22.1 Å². The smallest absolute Gasteiger partial charge is 0.297 e.